The standard InChI is InChI=1S/C19H13ClFN3O2S2/c1-10-13-3-2-4-14(20)16(13)26-15(10)17(25)22-18-23-24-19(28-18)27-9-11-5-7-12(21)8-6-11/h2-8H,9H2,1H3,(H,22,23,25). The van der Waals surface area contributed by atoms with Crippen molar-refractivity contribution in [1.82, 2.24) is 10.2 Å². The van der Waals surface area contributed by atoms with E-state index in [1.54, 1.807) is 25.1 Å². The Labute approximate surface area is 172 Å². The summed E-state index contributed by atoms with van der Waals surface area (Å²) in [6.45, 7) is 1.81. The number of nitrogens with one attached hydrogen (secondary N) is 1. The fourth-order valence-electron chi connectivity index (χ4n) is 2.62. The normalized spacial score (nSPS) is 11.1. The maximum absolute atomic E-state index is 13.0. The van der Waals surface area contributed by atoms with Gasteiger partial charge in [-0.1, -0.05) is 59.0 Å². The Balaban J connectivity index is 1.45. The largest absolute Gasteiger partial charge is 0.449 e. The summed E-state index contributed by atoms with van der Waals surface area (Å²) in [5.74, 6) is 0.149. The number of aryl methyl sites for hydroxylation is 1. The molecular formula is C19H13ClFN3O2S2. The van der Waals surface area contributed by atoms with Crippen molar-refractivity contribution in [1.29, 1.82) is 0 Å². The molecule has 0 fully saturated rings. The van der Waals surface area contributed by atoms with E-state index in [0.29, 0.717) is 31.4 Å². The fraction of sp³-hybridized carbons (Fsp3) is 0.105. The summed E-state index contributed by atoms with van der Waals surface area (Å²) in [6, 6.07) is 11.7. The maximum Gasteiger partial charge on any atom is 0.293 e. The molecule has 0 radical (unpaired) electrons. The van der Waals surface area contributed by atoms with Gasteiger partial charge in [-0.05, 0) is 30.7 Å². The van der Waals surface area contributed by atoms with Crippen molar-refractivity contribution < 1.29 is 13.6 Å². The second kappa shape index (κ2) is 7.90. The van der Waals surface area contributed by atoms with Gasteiger partial charge in [0, 0.05) is 16.7 Å². The van der Waals surface area contributed by atoms with E-state index in [9.17, 15) is 9.18 Å². The van der Waals surface area contributed by atoms with Crippen LogP contribution < -0.4 is 5.32 Å². The number of carbonyl (C=O) groups is 1. The van der Waals surface area contributed by atoms with Gasteiger partial charge in [0.15, 0.2) is 15.7 Å². The Kier molecular flexibility index (Phi) is 5.34. The van der Waals surface area contributed by atoms with E-state index in [4.69, 9.17) is 16.0 Å². The van der Waals surface area contributed by atoms with E-state index < -0.39 is 5.91 Å². The molecule has 0 bridgehead atoms. The second-order valence-corrected chi connectivity index (χ2v) is 8.52. The number of halogens is 2. The van der Waals surface area contributed by atoms with Crippen LogP contribution in [0.3, 0.4) is 0 Å². The van der Waals surface area contributed by atoms with E-state index in [2.05, 4.69) is 15.5 Å². The number of nitrogens with zero attached hydrogens (tertiary/aromatic N) is 2. The van der Waals surface area contributed by atoms with Crippen molar-refractivity contribution in [2.45, 2.75) is 17.0 Å². The minimum Gasteiger partial charge on any atom is -0.449 e. The molecule has 2 heterocycles. The van der Waals surface area contributed by atoms with Crippen LogP contribution >= 0.6 is 34.7 Å². The first kappa shape index (κ1) is 18.9. The lowest BCUT2D eigenvalue weighted by molar-refractivity contribution is 0.0998. The smallest absolute Gasteiger partial charge is 0.293 e. The lowest BCUT2D eigenvalue weighted by atomic mass is 10.1. The number of carbonyl (C=O) groups excluding carboxylic acids is 1. The van der Waals surface area contributed by atoms with Gasteiger partial charge in [-0.25, -0.2) is 4.39 Å². The average molecular weight is 434 g/mol. The topological polar surface area (TPSA) is 68.0 Å². The van der Waals surface area contributed by atoms with Crippen molar-refractivity contribution in [3.63, 3.8) is 0 Å². The molecule has 1 N–H and O–H groups in total. The van der Waals surface area contributed by atoms with Crippen LogP contribution in [0, 0.1) is 12.7 Å². The number of thioether (sulfide) groups is 1. The zero-order valence-corrected chi connectivity index (χ0v) is 16.9. The number of aromatic nitrogens is 2. The Morgan fingerprint density at radius 1 is 1.25 bits per heavy atom. The number of benzene rings is 2. The maximum atomic E-state index is 13.0. The first-order valence-corrected chi connectivity index (χ1v) is 10.4. The second-order valence-electron chi connectivity index (χ2n) is 5.92. The number of rotatable bonds is 5. The number of hydrogen-bond acceptors (Lipinski definition) is 6. The molecule has 4 aromatic rings. The van der Waals surface area contributed by atoms with Crippen LogP contribution in [0.2, 0.25) is 5.02 Å². The van der Waals surface area contributed by atoms with E-state index in [0.717, 1.165) is 10.9 Å². The molecule has 0 aliphatic heterocycles. The van der Waals surface area contributed by atoms with Crippen LogP contribution in [0.4, 0.5) is 9.52 Å². The third-order valence-electron chi connectivity index (χ3n) is 4.02. The van der Waals surface area contributed by atoms with Crippen LogP contribution in [0.25, 0.3) is 11.0 Å². The molecule has 0 aliphatic rings. The van der Waals surface area contributed by atoms with Crippen molar-refractivity contribution in [3.8, 4) is 0 Å². The van der Waals surface area contributed by atoms with Crippen LogP contribution in [-0.4, -0.2) is 16.1 Å². The summed E-state index contributed by atoms with van der Waals surface area (Å²) in [5.41, 5.74) is 2.17. The number of furan rings is 1. The SMILES string of the molecule is Cc1c(C(=O)Nc2nnc(SCc3ccc(F)cc3)s2)oc2c(Cl)cccc12. The van der Waals surface area contributed by atoms with Gasteiger partial charge < -0.3 is 4.42 Å². The van der Waals surface area contributed by atoms with Crippen molar-refractivity contribution in [3.05, 3.63) is 70.2 Å². The Morgan fingerprint density at radius 2 is 2.04 bits per heavy atom. The van der Waals surface area contributed by atoms with Crippen LogP contribution in [0.15, 0.2) is 51.2 Å². The molecular weight excluding hydrogens is 421 g/mol. The zero-order valence-electron chi connectivity index (χ0n) is 14.5. The molecule has 1 amide bonds. The zero-order chi connectivity index (χ0) is 19.7. The first-order chi connectivity index (χ1) is 13.5. The van der Waals surface area contributed by atoms with Crippen LogP contribution in [0.5, 0.6) is 0 Å². The number of anilines is 1. The number of hydrogen-bond donors (Lipinski definition) is 1. The number of amides is 1. The molecule has 4 rings (SSSR count). The molecule has 0 atom stereocenters. The molecule has 142 valence electrons. The van der Waals surface area contributed by atoms with Crippen LogP contribution in [-0.2, 0) is 5.75 Å². The van der Waals surface area contributed by atoms with E-state index in [1.807, 2.05) is 12.1 Å². The summed E-state index contributed by atoms with van der Waals surface area (Å²) in [6.07, 6.45) is 0. The summed E-state index contributed by atoms with van der Waals surface area (Å²) < 4.78 is 19.3. The minimum atomic E-state index is -0.406. The molecule has 0 unspecified atom stereocenters. The molecule has 0 spiro atoms. The third-order valence-corrected chi connectivity index (χ3v) is 6.37. The van der Waals surface area contributed by atoms with E-state index in [1.165, 1.54) is 35.2 Å². The predicted molar refractivity (Wildman–Crippen MR) is 110 cm³/mol. The van der Waals surface area contributed by atoms with Crippen molar-refractivity contribution in [2.24, 2.45) is 0 Å². The monoisotopic (exact) mass is 433 g/mol. The average Bonchev–Trinajstić information content (AvgIpc) is 3.27. The quantitative estimate of drug-likeness (QED) is 0.312. The highest BCUT2D eigenvalue weighted by Gasteiger charge is 2.20. The lowest BCUT2D eigenvalue weighted by Crippen LogP contribution is -2.11. The van der Waals surface area contributed by atoms with Crippen molar-refractivity contribution >= 4 is 56.7 Å². The van der Waals surface area contributed by atoms with Gasteiger partial charge in [-0.3, -0.25) is 10.1 Å². The van der Waals surface area contributed by atoms with Crippen LogP contribution in [0.1, 0.15) is 21.7 Å². The Bertz CT molecular complexity index is 1160. The molecule has 0 aliphatic carbocycles. The minimum absolute atomic E-state index is 0.193. The van der Waals surface area contributed by atoms with Gasteiger partial charge in [0.05, 0.1) is 5.02 Å². The third kappa shape index (κ3) is 3.89. The molecule has 0 saturated heterocycles. The lowest BCUT2D eigenvalue weighted by Gasteiger charge is -1.99. The predicted octanol–water partition coefficient (Wildman–Crippen LogP) is 5.93. The van der Waals surface area contributed by atoms with Gasteiger partial charge in [0.1, 0.15) is 5.82 Å². The summed E-state index contributed by atoms with van der Waals surface area (Å²) in [7, 11) is 0. The summed E-state index contributed by atoms with van der Waals surface area (Å²) >= 11 is 8.86. The molecule has 2 aromatic heterocycles. The van der Waals surface area contributed by atoms with Gasteiger partial charge in [0.25, 0.3) is 5.91 Å². The fourth-order valence-corrected chi connectivity index (χ4v) is 4.54. The Hall–Kier alpha value is -2.42. The summed E-state index contributed by atoms with van der Waals surface area (Å²) in [4.78, 5) is 12.6. The van der Waals surface area contributed by atoms with Gasteiger partial charge in [0.2, 0.25) is 5.13 Å². The molecule has 5 nitrogen and oxygen atoms in total. The van der Waals surface area contributed by atoms with Gasteiger partial charge >= 0.3 is 0 Å². The molecule has 2 aromatic carbocycles. The highest BCUT2D eigenvalue weighted by molar-refractivity contribution is 8.00. The molecule has 0 saturated carbocycles. The van der Waals surface area contributed by atoms with Gasteiger partial charge in [-0.15, -0.1) is 10.2 Å². The highest BCUT2D eigenvalue weighted by atomic mass is 35.5. The van der Waals surface area contributed by atoms with Crippen molar-refractivity contribution in [2.75, 3.05) is 5.32 Å². The highest BCUT2D eigenvalue weighted by Crippen LogP contribution is 2.32. The van der Waals surface area contributed by atoms with Gasteiger partial charge in [-0.2, -0.15) is 0 Å². The first-order valence-electron chi connectivity index (χ1n) is 8.21. The number of para-hydroxylation sites is 1. The molecule has 28 heavy (non-hydrogen) atoms. The van der Waals surface area contributed by atoms with E-state index in [-0.39, 0.29) is 11.6 Å². The molecule has 9 heteroatoms. The summed E-state index contributed by atoms with van der Waals surface area (Å²) in [5, 5.41) is 12.4. The van der Waals surface area contributed by atoms with E-state index >= 15 is 0 Å². The number of fused-ring (bicyclic) bond motifs is 1. The Morgan fingerprint density at radius 3 is 2.79 bits per heavy atom.